The molecule has 1 aliphatic heterocycles. The minimum atomic E-state index is 0.156. The lowest BCUT2D eigenvalue weighted by Gasteiger charge is -2.20. The number of hydrogen-bond acceptors (Lipinski definition) is 2. The highest BCUT2D eigenvalue weighted by atomic mass is 16.2. The summed E-state index contributed by atoms with van der Waals surface area (Å²) in [7, 11) is 0. The van der Waals surface area contributed by atoms with Gasteiger partial charge in [-0.15, -0.1) is 0 Å². The summed E-state index contributed by atoms with van der Waals surface area (Å²) in [4.78, 5) is 17.5. The molecule has 0 spiro atoms. The maximum atomic E-state index is 11.6. The summed E-state index contributed by atoms with van der Waals surface area (Å²) in [5.41, 5.74) is 1.04. The zero-order valence-corrected chi connectivity index (χ0v) is 7.82. The second kappa shape index (κ2) is 2.83. The van der Waals surface area contributed by atoms with Crippen LogP contribution in [0.1, 0.15) is 19.4 Å². The molecule has 0 atom stereocenters. The molecule has 0 aliphatic carbocycles. The molecule has 13 heavy (non-hydrogen) atoms. The highest BCUT2D eigenvalue weighted by Crippen LogP contribution is 2.27. The fourth-order valence-electron chi connectivity index (χ4n) is 1.68. The van der Waals surface area contributed by atoms with E-state index in [0.717, 1.165) is 11.4 Å². The van der Waals surface area contributed by atoms with Crippen LogP contribution in [0.5, 0.6) is 0 Å². The predicted octanol–water partition coefficient (Wildman–Crippen LogP) is 1.38. The van der Waals surface area contributed by atoms with Crippen LogP contribution < -0.4 is 4.90 Å². The van der Waals surface area contributed by atoms with Gasteiger partial charge in [-0.2, -0.15) is 0 Å². The molecule has 0 radical (unpaired) electrons. The van der Waals surface area contributed by atoms with E-state index in [0.29, 0.717) is 6.42 Å². The van der Waals surface area contributed by atoms with Crippen molar-refractivity contribution in [3.05, 3.63) is 23.9 Å². The quantitative estimate of drug-likeness (QED) is 0.647. The molecule has 0 N–H and O–H groups in total. The zero-order chi connectivity index (χ0) is 9.42. The monoisotopic (exact) mass is 176 g/mol. The molecule has 0 aromatic carbocycles. The van der Waals surface area contributed by atoms with Crippen molar-refractivity contribution in [2.75, 3.05) is 4.90 Å². The molecule has 3 nitrogen and oxygen atoms in total. The van der Waals surface area contributed by atoms with Crippen molar-refractivity contribution in [3.63, 3.8) is 0 Å². The number of nitrogens with zero attached hydrogens (tertiary/aromatic N) is 2. The highest BCUT2D eigenvalue weighted by molar-refractivity contribution is 6.00. The fourth-order valence-corrected chi connectivity index (χ4v) is 1.68. The molecular formula is C10H12N2O. The lowest BCUT2D eigenvalue weighted by molar-refractivity contribution is -0.117. The average Bonchev–Trinajstić information content (AvgIpc) is 2.39. The normalized spacial score (nSPS) is 15.3. The smallest absolute Gasteiger partial charge is 0.232 e. The fraction of sp³-hybridized carbons (Fsp3) is 0.400. The number of fused-ring (bicyclic) bond motifs is 1. The molecule has 1 aliphatic rings. The van der Waals surface area contributed by atoms with Crippen LogP contribution in [-0.4, -0.2) is 16.9 Å². The Hall–Kier alpha value is -1.38. The Labute approximate surface area is 77.4 Å². The van der Waals surface area contributed by atoms with Crippen molar-refractivity contribution in [1.29, 1.82) is 0 Å². The first-order valence-electron chi connectivity index (χ1n) is 4.46. The summed E-state index contributed by atoms with van der Waals surface area (Å²) in [5.74, 6) is 0.992. The lowest BCUT2D eigenvalue weighted by Crippen LogP contribution is -2.33. The maximum Gasteiger partial charge on any atom is 0.232 e. The van der Waals surface area contributed by atoms with Gasteiger partial charge in [-0.05, 0) is 19.9 Å². The Morgan fingerprint density at radius 1 is 1.54 bits per heavy atom. The van der Waals surface area contributed by atoms with Gasteiger partial charge < -0.3 is 0 Å². The molecule has 1 aromatic heterocycles. The van der Waals surface area contributed by atoms with E-state index in [1.165, 1.54) is 0 Å². The number of aromatic nitrogens is 1. The van der Waals surface area contributed by atoms with Gasteiger partial charge in [0.2, 0.25) is 5.91 Å². The number of anilines is 1. The van der Waals surface area contributed by atoms with Crippen molar-refractivity contribution in [2.45, 2.75) is 26.3 Å². The zero-order valence-electron chi connectivity index (χ0n) is 7.82. The van der Waals surface area contributed by atoms with Crippen LogP contribution in [0, 0.1) is 0 Å². The third-order valence-corrected chi connectivity index (χ3v) is 2.22. The van der Waals surface area contributed by atoms with Crippen LogP contribution in [-0.2, 0) is 11.2 Å². The number of carbonyl (C=O) groups excluding carboxylic acids is 1. The van der Waals surface area contributed by atoms with Crippen LogP contribution in [0.25, 0.3) is 0 Å². The molecular weight excluding hydrogens is 164 g/mol. The van der Waals surface area contributed by atoms with Crippen molar-refractivity contribution in [3.8, 4) is 0 Å². The summed E-state index contributed by atoms with van der Waals surface area (Å²) >= 11 is 0. The molecule has 0 unspecified atom stereocenters. The Bertz CT molecular complexity index is 347. The van der Waals surface area contributed by atoms with Crippen molar-refractivity contribution >= 4 is 11.7 Å². The van der Waals surface area contributed by atoms with Crippen molar-refractivity contribution in [2.24, 2.45) is 0 Å². The Morgan fingerprint density at radius 2 is 2.31 bits per heavy atom. The number of carbonyl (C=O) groups is 1. The van der Waals surface area contributed by atoms with E-state index in [9.17, 15) is 4.79 Å². The summed E-state index contributed by atoms with van der Waals surface area (Å²) in [6.07, 6.45) is 2.23. The van der Waals surface area contributed by atoms with Gasteiger partial charge in [0, 0.05) is 17.8 Å². The van der Waals surface area contributed by atoms with E-state index in [4.69, 9.17) is 0 Å². The van der Waals surface area contributed by atoms with E-state index < -0.39 is 0 Å². The van der Waals surface area contributed by atoms with Gasteiger partial charge in [0.05, 0.1) is 6.42 Å². The molecule has 3 heteroatoms. The van der Waals surface area contributed by atoms with Crippen LogP contribution in [0.4, 0.5) is 5.82 Å². The van der Waals surface area contributed by atoms with E-state index >= 15 is 0 Å². The van der Waals surface area contributed by atoms with Crippen LogP contribution in [0.2, 0.25) is 0 Å². The third kappa shape index (κ3) is 1.20. The third-order valence-electron chi connectivity index (χ3n) is 2.22. The first kappa shape index (κ1) is 8.23. The summed E-state index contributed by atoms with van der Waals surface area (Å²) in [5, 5.41) is 0. The van der Waals surface area contributed by atoms with Gasteiger partial charge in [-0.25, -0.2) is 4.98 Å². The molecule has 0 saturated heterocycles. The van der Waals surface area contributed by atoms with Crippen molar-refractivity contribution in [1.82, 2.24) is 4.98 Å². The van der Waals surface area contributed by atoms with Crippen LogP contribution >= 0.6 is 0 Å². The molecule has 1 aromatic rings. The molecule has 2 rings (SSSR count). The molecule has 0 bridgehead atoms. The first-order valence-corrected chi connectivity index (χ1v) is 4.46. The molecule has 0 saturated carbocycles. The average molecular weight is 176 g/mol. The summed E-state index contributed by atoms with van der Waals surface area (Å²) in [6, 6.07) is 4.03. The van der Waals surface area contributed by atoms with Gasteiger partial charge >= 0.3 is 0 Å². The van der Waals surface area contributed by atoms with Gasteiger partial charge in [-0.3, -0.25) is 9.69 Å². The molecule has 1 amide bonds. The SMILES string of the molecule is CC(C)N1C(=O)Cc2cccnc21. The summed E-state index contributed by atoms with van der Waals surface area (Å²) < 4.78 is 0. The molecule has 0 fully saturated rings. The van der Waals surface area contributed by atoms with Crippen molar-refractivity contribution < 1.29 is 4.79 Å². The molecule has 68 valence electrons. The van der Waals surface area contributed by atoms with Gasteiger partial charge in [0.1, 0.15) is 5.82 Å². The number of rotatable bonds is 1. The Morgan fingerprint density at radius 3 is 3.00 bits per heavy atom. The van der Waals surface area contributed by atoms with Gasteiger partial charge in [-0.1, -0.05) is 6.07 Å². The summed E-state index contributed by atoms with van der Waals surface area (Å²) in [6.45, 7) is 4.00. The highest BCUT2D eigenvalue weighted by Gasteiger charge is 2.29. The standard InChI is InChI=1S/C10H12N2O/c1-7(2)12-9(13)6-8-4-3-5-11-10(8)12/h3-5,7H,6H2,1-2H3. The number of pyridine rings is 1. The Balaban J connectivity index is 2.46. The van der Waals surface area contributed by atoms with E-state index in [2.05, 4.69) is 4.98 Å². The number of hydrogen-bond donors (Lipinski definition) is 0. The van der Waals surface area contributed by atoms with Crippen LogP contribution in [0.15, 0.2) is 18.3 Å². The lowest BCUT2D eigenvalue weighted by atomic mass is 10.2. The van der Waals surface area contributed by atoms with E-state index in [1.54, 1.807) is 11.1 Å². The first-order chi connectivity index (χ1) is 6.20. The second-order valence-corrected chi connectivity index (χ2v) is 3.52. The molecule has 2 heterocycles. The Kier molecular flexibility index (Phi) is 1.79. The minimum Gasteiger partial charge on any atom is -0.294 e. The largest absolute Gasteiger partial charge is 0.294 e. The van der Waals surface area contributed by atoms with Gasteiger partial charge in [0.15, 0.2) is 0 Å². The van der Waals surface area contributed by atoms with E-state index in [1.807, 2.05) is 26.0 Å². The second-order valence-electron chi connectivity index (χ2n) is 3.52. The predicted molar refractivity (Wildman–Crippen MR) is 50.6 cm³/mol. The topological polar surface area (TPSA) is 33.2 Å². The minimum absolute atomic E-state index is 0.156. The van der Waals surface area contributed by atoms with Crippen LogP contribution in [0.3, 0.4) is 0 Å². The van der Waals surface area contributed by atoms with E-state index in [-0.39, 0.29) is 11.9 Å². The van der Waals surface area contributed by atoms with Gasteiger partial charge in [0.25, 0.3) is 0 Å². The maximum absolute atomic E-state index is 11.6. The number of amides is 1.